The average molecular weight is 230 g/mol. The molecule has 0 unspecified atom stereocenters. The molecule has 2 aromatic rings. The van der Waals surface area contributed by atoms with Crippen LogP contribution in [0.15, 0.2) is 35.3 Å². The molecule has 0 saturated carbocycles. The average Bonchev–Trinajstić information content (AvgIpc) is 2.32. The minimum Gasteiger partial charge on any atom is -0.298 e. The first-order chi connectivity index (χ1) is 8.09. The molecule has 1 aromatic heterocycles. The summed E-state index contributed by atoms with van der Waals surface area (Å²) in [7, 11) is 0. The summed E-state index contributed by atoms with van der Waals surface area (Å²) in [4.78, 5) is 27.5. The maximum atomic E-state index is 11.7. The van der Waals surface area contributed by atoms with Crippen LogP contribution in [0, 0.1) is 5.92 Å². The number of rotatable bonds is 3. The molecule has 0 amide bonds. The highest BCUT2D eigenvalue weighted by atomic mass is 16.1. The first-order valence-corrected chi connectivity index (χ1v) is 5.57. The number of fused-ring (bicyclic) bond motifs is 1. The fourth-order valence-corrected chi connectivity index (χ4v) is 1.62. The number of Topliss-reactive ketones (excluding diaryl/α,β-unsaturated/α-hetero) is 1. The number of para-hydroxylation sites is 2. The topological polar surface area (TPSA) is 52.0 Å². The van der Waals surface area contributed by atoms with Crippen LogP contribution in [-0.4, -0.2) is 15.3 Å². The number of carbonyl (C=O) groups excluding carboxylic acids is 1. The predicted octanol–water partition coefficient (Wildman–Crippen LogP) is 1.62. The fourth-order valence-electron chi connectivity index (χ4n) is 1.62. The van der Waals surface area contributed by atoms with Crippen LogP contribution in [0.3, 0.4) is 0 Å². The molecule has 1 heterocycles. The molecule has 88 valence electrons. The Morgan fingerprint density at radius 1 is 1.35 bits per heavy atom. The van der Waals surface area contributed by atoms with Crippen LogP contribution in [-0.2, 0) is 11.3 Å². The van der Waals surface area contributed by atoms with Crippen LogP contribution in [0.4, 0.5) is 0 Å². The zero-order valence-electron chi connectivity index (χ0n) is 9.88. The summed E-state index contributed by atoms with van der Waals surface area (Å²) in [5.41, 5.74) is 1.19. The Balaban J connectivity index is 2.55. The number of ketones is 1. The minimum atomic E-state index is -0.238. The summed E-state index contributed by atoms with van der Waals surface area (Å²) >= 11 is 0. The molecule has 2 rings (SSSR count). The molecule has 4 nitrogen and oxygen atoms in total. The largest absolute Gasteiger partial charge is 0.298 e. The Hall–Kier alpha value is -1.97. The van der Waals surface area contributed by atoms with Gasteiger partial charge in [0.15, 0.2) is 5.78 Å². The van der Waals surface area contributed by atoms with Crippen molar-refractivity contribution in [1.82, 2.24) is 9.55 Å². The second kappa shape index (κ2) is 4.49. The smallest absolute Gasteiger partial charge is 0.269 e. The van der Waals surface area contributed by atoms with Crippen LogP contribution in [0.1, 0.15) is 13.8 Å². The van der Waals surface area contributed by atoms with Gasteiger partial charge in [-0.2, -0.15) is 0 Å². The van der Waals surface area contributed by atoms with Crippen LogP contribution in [0.2, 0.25) is 0 Å². The molecule has 0 saturated heterocycles. The van der Waals surface area contributed by atoms with Crippen molar-refractivity contribution >= 4 is 16.8 Å². The lowest BCUT2D eigenvalue weighted by atomic mass is 10.1. The van der Waals surface area contributed by atoms with E-state index < -0.39 is 0 Å². The molecule has 0 fully saturated rings. The van der Waals surface area contributed by atoms with Crippen LogP contribution >= 0.6 is 0 Å². The Morgan fingerprint density at radius 3 is 2.76 bits per heavy atom. The molecule has 4 heteroatoms. The number of nitrogens with zero attached hydrogens (tertiary/aromatic N) is 2. The van der Waals surface area contributed by atoms with E-state index in [1.165, 1.54) is 10.8 Å². The molecular formula is C13H14N2O2. The second-order valence-corrected chi connectivity index (χ2v) is 4.29. The summed E-state index contributed by atoms with van der Waals surface area (Å²) in [6.45, 7) is 3.77. The van der Waals surface area contributed by atoms with Gasteiger partial charge in [-0.3, -0.25) is 14.2 Å². The van der Waals surface area contributed by atoms with Crippen molar-refractivity contribution in [3.8, 4) is 0 Å². The van der Waals surface area contributed by atoms with Gasteiger partial charge >= 0.3 is 0 Å². The number of aromatic nitrogens is 2. The van der Waals surface area contributed by atoms with Gasteiger partial charge in [0.05, 0.1) is 23.8 Å². The van der Waals surface area contributed by atoms with E-state index in [9.17, 15) is 9.59 Å². The first kappa shape index (κ1) is 11.5. The van der Waals surface area contributed by atoms with E-state index in [0.29, 0.717) is 5.52 Å². The van der Waals surface area contributed by atoms with Crippen molar-refractivity contribution in [2.24, 2.45) is 5.92 Å². The predicted molar refractivity (Wildman–Crippen MR) is 65.8 cm³/mol. The zero-order valence-corrected chi connectivity index (χ0v) is 9.88. The highest BCUT2D eigenvalue weighted by molar-refractivity contribution is 5.82. The molecular weight excluding hydrogens is 216 g/mol. The summed E-state index contributed by atoms with van der Waals surface area (Å²) in [6, 6.07) is 7.32. The van der Waals surface area contributed by atoms with Crippen molar-refractivity contribution < 1.29 is 4.79 Å². The number of hydrogen-bond donors (Lipinski definition) is 0. The molecule has 0 aliphatic carbocycles. The SMILES string of the molecule is CC(C)C(=O)Cn1c(=O)cnc2ccccc21. The van der Waals surface area contributed by atoms with Crippen LogP contribution in [0.25, 0.3) is 11.0 Å². The van der Waals surface area contributed by atoms with Crippen LogP contribution in [0.5, 0.6) is 0 Å². The summed E-state index contributed by atoms with van der Waals surface area (Å²) in [5.74, 6) is -0.0303. The lowest BCUT2D eigenvalue weighted by Crippen LogP contribution is -2.26. The third-order valence-electron chi connectivity index (χ3n) is 2.71. The van der Waals surface area contributed by atoms with E-state index in [1.54, 1.807) is 6.07 Å². The van der Waals surface area contributed by atoms with Gasteiger partial charge < -0.3 is 0 Å². The summed E-state index contributed by atoms with van der Waals surface area (Å²) < 4.78 is 1.48. The molecule has 0 spiro atoms. The standard InChI is InChI=1S/C13H14N2O2/c1-9(2)12(16)8-15-11-6-4-3-5-10(11)14-7-13(15)17/h3-7,9H,8H2,1-2H3. The minimum absolute atomic E-state index is 0.0449. The Bertz CT molecular complexity index is 614. The summed E-state index contributed by atoms with van der Waals surface area (Å²) in [6.07, 6.45) is 1.26. The normalized spacial score (nSPS) is 11.0. The quantitative estimate of drug-likeness (QED) is 0.805. The van der Waals surface area contributed by atoms with Crippen molar-refractivity contribution in [2.75, 3.05) is 0 Å². The van der Waals surface area contributed by atoms with Crippen molar-refractivity contribution in [1.29, 1.82) is 0 Å². The van der Waals surface area contributed by atoms with Gasteiger partial charge in [0, 0.05) is 5.92 Å². The van der Waals surface area contributed by atoms with E-state index >= 15 is 0 Å². The number of hydrogen-bond acceptors (Lipinski definition) is 3. The van der Waals surface area contributed by atoms with E-state index in [-0.39, 0.29) is 23.8 Å². The molecule has 0 aliphatic heterocycles. The molecule has 17 heavy (non-hydrogen) atoms. The van der Waals surface area contributed by atoms with Gasteiger partial charge in [-0.05, 0) is 12.1 Å². The second-order valence-electron chi connectivity index (χ2n) is 4.29. The van der Waals surface area contributed by atoms with Crippen molar-refractivity contribution in [3.05, 3.63) is 40.8 Å². The Morgan fingerprint density at radius 2 is 2.06 bits per heavy atom. The van der Waals surface area contributed by atoms with E-state index in [1.807, 2.05) is 32.0 Å². The van der Waals surface area contributed by atoms with E-state index in [4.69, 9.17) is 0 Å². The van der Waals surface area contributed by atoms with Gasteiger partial charge in [-0.25, -0.2) is 4.98 Å². The molecule has 0 atom stereocenters. The molecule has 0 N–H and O–H groups in total. The molecule has 0 radical (unpaired) electrons. The van der Waals surface area contributed by atoms with Crippen LogP contribution < -0.4 is 5.56 Å². The third kappa shape index (κ3) is 2.25. The lowest BCUT2D eigenvalue weighted by Gasteiger charge is -2.09. The zero-order chi connectivity index (χ0) is 12.4. The van der Waals surface area contributed by atoms with Crippen molar-refractivity contribution in [3.63, 3.8) is 0 Å². The van der Waals surface area contributed by atoms with Gasteiger partial charge in [0.1, 0.15) is 0 Å². The maximum absolute atomic E-state index is 11.7. The van der Waals surface area contributed by atoms with E-state index in [0.717, 1.165) is 5.52 Å². The van der Waals surface area contributed by atoms with Gasteiger partial charge in [-0.1, -0.05) is 26.0 Å². The number of carbonyl (C=O) groups is 1. The van der Waals surface area contributed by atoms with Gasteiger partial charge in [0.2, 0.25) is 0 Å². The maximum Gasteiger partial charge on any atom is 0.269 e. The monoisotopic (exact) mass is 230 g/mol. The summed E-state index contributed by atoms with van der Waals surface area (Å²) in [5, 5.41) is 0. The Labute approximate surface area is 98.9 Å². The van der Waals surface area contributed by atoms with E-state index in [2.05, 4.69) is 4.98 Å². The Kier molecular flexibility index (Phi) is 3.04. The lowest BCUT2D eigenvalue weighted by molar-refractivity contribution is -0.122. The van der Waals surface area contributed by atoms with Gasteiger partial charge in [0.25, 0.3) is 5.56 Å². The third-order valence-corrected chi connectivity index (χ3v) is 2.71. The molecule has 0 bridgehead atoms. The number of benzene rings is 1. The molecule has 0 aliphatic rings. The van der Waals surface area contributed by atoms with Crippen molar-refractivity contribution in [2.45, 2.75) is 20.4 Å². The highest BCUT2D eigenvalue weighted by Crippen LogP contribution is 2.09. The fraction of sp³-hybridized carbons (Fsp3) is 0.308. The highest BCUT2D eigenvalue weighted by Gasteiger charge is 2.11. The first-order valence-electron chi connectivity index (χ1n) is 5.57. The van der Waals surface area contributed by atoms with Gasteiger partial charge in [-0.15, -0.1) is 0 Å². The molecule has 1 aromatic carbocycles.